The van der Waals surface area contributed by atoms with Gasteiger partial charge < -0.3 is 9.84 Å². The van der Waals surface area contributed by atoms with Crippen LogP contribution in [0.15, 0.2) is 42.5 Å². The average molecular weight is 199 g/mol. The summed E-state index contributed by atoms with van der Waals surface area (Å²) in [5, 5.41) is 12.2. The molecular formula is C13H11O2. The molecule has 0 amide bonds. The quantitative estimate of drug-likeness (QED) is 0.714. The minimum atomic E-state index is -1.18. The number of aliphatic hydroxyl groups is 1. The number of benzene rings is 2. The van der Waals surface area contributed by atoms with Gasteiger partial charge in [0.15, 0.2) is 0 Å². The Balaban J connectivity index is 2.27. The van der Waals surface area contributed by atoms with Gasteiger partial charge in [0.25, 0.3) is 0 Å². The molecule has 3 rings (SSSR count). The van der Waals surface area contributed by atoms with E-state index in [2.05, 4.69) is 6.92 Å². The number of rotatable bonds is 1. The van der Waals surface area contributed by atoms with E-state index in [4.69, 9.17) is 4.74 Å². The Morgan fingerprint density at radius 3 is 2.53 bits per heavy atom. The topological polar surface area (TPSA) is 32.8 Å². The second-order valence-corrected chi connectivity index (χ2v) is 3.83. The Kier molecular flexibility index (Phi) is 1.67. The van der Waals surface area contributed by atoms with Crippen LogP contribution in [0.25, 0.3) is 10.8 Å². The maximum absolute atomic E-state index is 10.1. The number of hydrogen-bond acceptors (Lipinski definition) is 2. The van der Waals surface area contributed by atoms with Gasteiger partial charge in [0, 0.05) is 5.56 Å². The zero-order valence-corrected chi connectivity index (χ0v) is 8.18. The number of ether oxygens (including phenoxy) is 1. The van der Waals surface area contributed by atoms with Gasteiger partial charge in [-0.1, -0.05) is 42.5 Å². The van der Waals surface area contributed by atoms with E-state index < -0.39 is 5.79 Å². The van der Waals surface area contributed by atoms with Crippen molar-refractivity contribution in [2.75, 3.05) is 0 Å². The van der Waals surface area contributed by atoms with E-state index in [1.165, 1.54) is 0 Å². The third-order valence-corrected chi connectivity index (χ3v) is 2.88. The van der Waals surface area contributed by atoms with Gasteiger partial charge >= 0.3 is 0 Å². The molecule has 1 saturated heterocycles. The lowest BCUT2D eigenvalue weighted by Gasteiger charge is -2.09. The summed E-state index contributed by atoms with van der Waals surface area (Å²) in [5.41, 5.74) is 0.806. The summed E-state index contributed by atoms with van der Waals surface area (Å²) >= 11 is 0. The lowest BCUT2D eigenvalue weighted by Crippen LogP contribution is -2.10. The van der Waals surface area contributed by atoms with E-state index in [9.17, 15) is 5.11 Å². The Morgan fingerprint density at radius 1 is 1.13 bits per heavy atom. The molecule has 2 aromatic carbocycles. The Bertz CT molecular complexity index is 515. The zero-order chi connectivity index (χ0) is 10.5. The fourth-order valence-electron chi connectivity index (χ4n) is 1.96. The van der Waals surface area contributed by atoms with Crippen molar-refractivity contribution < 1.29 is 9.84 Å². The largest absolute Gasteiger partial charge is 0.360 e. The van der Waals surface area contributed by atoms with Crippen molar-refractivity contribution in [3.05, 3.63) is 55.0 Å². The Hall–Kier alpha value is -1.38. The molecule has 2 heteroatoms. The van der Waals surface area contributed by atoms with Crippen LogP contribution in [-0.4, -0.2) is 11.2 Å². The van der Waals surface area contributed by atoms with Crippen LogP contribution in [0.2, 0.25) is 0 Å². The molecule has 2 nitrogen and oxygen atoms in total. The summed E-state index contributed by atoms with van der Waals surface area (Å²) in [5.74, 6) is -1.18. The van der Waals surface area contributed by atoms with Crippen LogP contribution in [0.4, 0.5) is 0 Å². The molecule has 0 bridgehead atoms. The highest BCUT2D eigenvalue weighted by Gasteiger charge is 2.54. The fourth-order valence-corrected chi connectivity index (χ4v) is 1.96. The van der Waals surface area contributed by atoms with Gasteiger partial charge in [0.05, 0.1) is 0 Å². The molecule has 2 aromatic rings. The monoisotopic (exact) mass is 199 g/mol. The van der Waals surface area contributed by atoms with E-state index in [0.717, 1.165) is 16.3 Å². The first-order chi connectivity index (χ1) is 7.22. The molecule has 1 heterocycles. The molecular weight excluding hydrogens is 188 g/mol. The highest BCUT2D eigenvalue weighted by molar-refractivity contribution is 5.86. The molecule has 0 aliphatic carbocycles. The van der Waals surface area contributed by atoms with E-state index in [-0.39, 0.29) is 6.10 Å². The van der Waals surface area contributed by atoms with Crippen molar-refractivity contribution in [2.45, 2.75) is 11.9 Å². The van der Waals surface area contributed by atoms with Gasteiger partial charge in [-0.05, 0) is 17.7 Å². The summed E-state index contributed by atoms with van der Waals surface area (Å²) in [6.45, 7) is 3.71. The summed E-state index contributed by atoms with van der Waals surface area (Å²) in [4.78, 5) is 0. The molecule has 0 aromatic heterocycles. The zero-order valence-electron chi connectivity index (χ0n) is 8.18. The van der Waals surface area contributed by atoms with Crippen LogP contribution in [0.3, 0.4) is 0 Å². The van der Waals surface area contributed by atoms with Crippen LogP contribution in [0.1, 0.15) is 5.56 Å². The molecule has 1 aliphatic rings. The Morgan fingerprint density at radius 2 is 1.80 bits per heavy atom. The van der Waals surface area contributed by atoms with E-state index >= 15 is 0 Å². The first-order valence-corrected chi connectivity index (χ1v) is 4.93. The highest BCUT2D eigenvalue weighted by atomic mass is 16.7. The summed E-state index contributed by atoms with van der Waals surface area (Å²) in [7, 11) is 0. The number of hydrogen-bond donors (Lipinski definition) is 1. The summed E-state index contributed by atoms with van der Waals surface area (Å²) in [6.07, 6.45) is -0.358. The molecule has 2 atom stereocenters. The van der Waals surface area contributed by atoms with Gasteiger partial charge in [-0.25, -0.2) is 0 Å². The molecule has 1 aliphatic heterocycles. The van der Waals surface area contributed by atoms with Gasteiger partial charge in [0.2, 0.25) is 5.79 Å². The molecule has 0 spiro atoms. The summed E-state index contributed by atoms with van der Waals surface area (Å²) < 4.78 is 5.14. The van der Waals surface area contributed by atoms with Crippen molar-refractivity contribution in [1.29, 1.82) is 0 Å². The summed E-state index contributed by atoms with van der Waals surface area (Å²) in [6, 6.07) is 13.8. The van der Waals surface area contributed by atoms with Crippen LogP contribution in [0.5, 0.6) is 0 Å². The normalized spacial score (nSPS) is 29.3. The predicted molar refractivity (Wildman–Crippen MR) is 58.1 cm³/mol. The van der Waals surface area contributed by atoms with Gasteiger partial charge in [-0.2, -0.15) is 0 Å². The molecule has 1 radical (unpaired) electrons. The van der Waals surface area contributed by atoms with Gasteiger partial charge in [-0.3, -0.25) is 0 Å². The van der Waals surface area contributed by atoms with E-state index in [1.54, 1.807) is 0 Å². The minimum absolute atomic E-state index is 0.358. The van der Waals surface area contributed by atoms with Crippen molar-refractivity contribution in [1.82, 2.24) is 0 Å². The van der Waals surface area contributed by atoms with Gasteiger partial charge in [0.1, 0.15) is 6.10 Å². The maximum Gasteiger partial charge on any atom is 0.220 e. The third-order valence-electron chi connectivity index (χ3n) is 2.88. The van der Waals surface area contributed by atoms with Crippen molar-refractivity contribution >= 4 is 10.8 Å². The fraction of sp³-hybridized carbons (Fsp3) is 0.154. The minimum Gasteiger partial charge on any atom is -0.360 e. The Labute approximate surface area is 88.1 Å². The first kappa shape index (κ1) is 8.89. The van der Waals surface area contributed by atoms with Gasteiger partial charge in [-0.15, -0.1) is 0 Å². The van der Waals surface area contributed by atoms with Crippen molar-refractivity contribution in [3.63, 3.8) is 0 Å². The first-order valence-electron chi connectivity index (χ1n) is 4.93. The standard InChI is InChI=1S/C13H11O2/c1-9-13(14,15-9)12-8-4-6-10-5-2-3-7-11(10)12/h2-9,14H,1H2. The third kappa shape index (κ3) is 1.19. The number of epoxide rings is 1. The second kappa shape index (κ2) is 2.81. The smallest absolute Gasteiger partial charge is 0.220 e. The SMILES string of the molecule is [CH2]C1OC1(O)c1cccc2ccccc12. The van der Waals surface area contributed by atoms with E-state index in [1.807, 2.05) is 42.5 Å². The molecule has 2 unspecified atom stereocenters. The van der Waals surface area contributed by atoms with E-state index in [0.29, 0.717) is 0 Å². The predicted octanol–water partition coefficient (Wildman–Crippen LogP) is 2.22. The molecule has 0 saturated carbocycles. The van der Waals surface area contributed by atoms with Crippen LogP contribution in [0, 0.1) is 6.92 Å². The van der Waals surface area contributed by atoms with Crippen LogP contribution >= 0.6 is 0 Å². The molecule has 1 N–H and O–H groups in total. The highest BCUT2D eigenvalue weighted by Crippen LogP contribution is 2.45. The van der Waals surface area contributed by atoms with Crippen LogP contribution < -0.4 is 0 Å². The average Bonchev–Trinajstić information content (AvgIpc) is 2.87. The second-order valence-electron chi connectivity index (χ2n) is 3.83. The molecule has 75 valence electrons. The molecule has 15 heavy (non-hydrogen) atoms. The lowest BCUT2D eigenvalue weighted by molar-refractivity contribution is 0.0347. The maximum atomic E-state index is 10.1. The van der Waals surface area contributed by atoms with Crippen molar-refractivity contribution in [3.8, 4) is 0 Å². The van der Waals surface area contributed by atoms with Crippen molar-refractivity contribution in [2.24, 2.45) is 0 Å². The lowest BCUT2D eigenvalue weighted by atomic mass is 9.99. The van der Waals surface area contributed by atoms with Crippen LogP contribution in [-0.2, 0) is 10.5 Å². The number of fused-ring (bicyclic) bond motifs is 1. The molecule has 1 fully saturated rings.